The molecule has 2 nitrogen and oxygen atoms in total. The van der Waals surface area contributed by atoms with Crippen LogP contribution in [0.15, 0.2) is 0 Å². The molecule has 2 atom stereocenters. The lowest BCUT2D eigenvalue weighted by Crippen LogP contribution is -2.20. The monoisotopic (exact) mass is 147 g/mol. The molecule has 2 unspecified atom stereocenters. The minimum atomic E-state index is -0.550. The summed E-state index contributed by atoms with van der Waals surface area (Å²) in [5.41, 5.74) is 0. The van der Waals surface area contributed by atoms with Crippen LogP contribution in [0.25, 0.3) is 0 Å². The van der Waals surface area contributed by atoms with Crippen LogP contribution in [0.3, 0.4) is 0 Å². The molecule has 0 aliphatic carbocycles. The van der Waals surface area contributed by atoms with Gasteiger partial charge in [0, 0.05) is 28.9 Å². The van der Waals surface area contributed by atoms with Gasteiger partial charge in [-0.25, -0.2) is 0 Å². The van der Waals surface area contributed by atoms with Gasteiger partial charge in [-0.3, -0.25) is 4.21 Å². The second-order valence-electron chi connectivity index (χ2n) is 2.62. The van der Waals surface area contributed by atoms with Crippen molar-refractivity contribution in [2.24, 2.45) is 5.92 Å². The summed E-state index contributed by atoms with van der Waals surface area (Å²) in [5.74, 6) is 2.31. The molecule has 0 saturated carbocycles. The SMILES string of the molecule is CC1CNCCS(=O)C1. The zero-order valence-corrected chi connectivity index (χ0v) is 6.54. The standard InChI is InChI=1S/C6H13NOS/c1-6-4-7-2-3-9(8)5-6/h6-7H,2-5H2,1H3. The van der Waals surface area contributed by atoms with Crippen molar-refractivity contribution in [3.63, 3.8) is 0 Å². The molecule has 1 aliphatic rings. The lowest BCUT2D eigenvalue weighted by Gasteiger charge is -2.03. The van der Waals surface area contributed by atoms with Gasteiger partial charge in [-0.2, -0.15) is 0 Å². The van der Waals surface area contributed by atoms with Gasteiger partial charge in [0.15, 0.2) is 0 Å². The van der Waals surface area contributed by atoms with Crippen LogP contribution in [0, 0.1) is 5.92 Å². The summed E-state index contributed by atoms with van der Waals surface area (Å²) in [4.78, 5) is 0. The highest BCUT2D eigenvalue weighted by atomic mass is 32.2. The van der Waals surface area contributed by atoms with Crippen molar-refractivity contribution in [1.29, 1.82) is 0 Å². The van der Waals surface area contributed by atoms with Crippen molar-refractivity contribution in [2.45, 2.75) is 6.92 Å². The lowest BCUT2D eigenvalue weighted by atomic mass is 10.2. The Kier molecular flexibility index (Phi) is 2.66. The van der Waals surface area contributed by atoms with Crippen molar-refractivity contribution in [1.82, 2.24) is 5.32 Å². The second kappa shape index (κ2) is 3.32. The maximum absolute atomic E-state index is 11.0. The van der Waals surface area contributed by atoms with Gasteiger partial charge in [0.25, 0.3) is 0 Å². The molecular weight excluding hydrogens is 134 g/mol. The van der Waals surface area contributed by atoms with E-state index >= 15 is 0 Å². The molecule has 0 aromatic heterocycles. The van der Waals surface area contributed by atoms with E-state index in [0.29, 0.717) is 5.92 Å². The molecule has 3 heteroatoms. The Morgan fingerprint density at radius 1 is 1.67 bits per heavy atom. The zero-order valence-electron chi connectivity index (χ0n) is 5.72. The van der Waals surface area contributed by atoms with Gasteiger partial charge in [0.05, 0.1) is 0 Å². The molecular formula is C6H13NOS. The van der Waals surface area contributed by atoms with Crippen LogP contribution < -0.4 is 5.32 Å². The molecule has 0 aromatic rings. The number of nitrogens with one attached hydrogen (secondary N) is 1. The molecule has 1 aliphatic heterocycles. The van der Waals surface area contributed by atoms with Gasteiger partial charge in [0.1, 0.15) is 0 Å². The first-order valence-electron chi connectivity index (χ1n) is 3.34. The maximum atomic E-state index is 11.0. The number of hydrogen-bond donors (Lipinski definition) is 1. The number of hydrogen-bond acceptors (Lipinski definition) is 2. The molecule has 0 amide bonds. The quantitative estimate of drug-likeness (QED) is 0.521. The minimum Gasteiger partial charge on any atom is -0.316 e. The van der Waals surface area contributed by atoms with Crippen LogP contribution in [-0.2, 0) is 10.8 Å². The Bertz CT molecular complexity index is 116. The van der Waals surface area contributed by atoms with Crippen LogP contribution >= 0.6 is 0 Å². The smallest absolute Gasteiger partial charge is 0.0360 e. The van der Waals surface area contributed by atoms with E-state index in [-0.39, 0.29) is 0 Å². The Morgan fingerprint density at radius 3 is 3.22 bits per heavy atom. The molecule has 54 valence electrons. The Labute approximate surface area is 58.5 Å². The highest BCUT2D eigenvalue weighted by Crippen LogP contribution is 1.99. The molecule has 1 saturated heterocycles. The molecule has 0 bridgehead atoms. The van der Waals surface area contributed by atoms with Crippen LogP contribution in [0.5, 0.6) is 0 Å². The fourth-order valence-electron chi connectivity index (χ4n) is 0.994. The van der Waals surface area contributed by atoms with Gasteiger partial charge < -0.3 is 5.32 Å². The molecule has 0 spiro atoms. The molecule has 0 aromatic carbocycles. The van der Waals surface area contributed by atoms with Crippen LogP contribution in [0.4, 0.5) is 0 Å². The third-order valence-corrected chi connectivity index (χ3v) is 3.07. The fourth-order valence-corrected chi connectivity index (χ4v) is 2.29. The average molecular weight is 147 g/mol. The highest BCUT2D eigenvalue weighted by Gasteiger charge is 2.10. The molecule has 1 rings (SSSR count). The normalized spacial score (nSPS) is 37.9. The fraction of sp³-hybridized carbons (Fsp3) is 1.00. The highest BCUT2D eigenvalue weighted by molar-refractivity contribution is 7.85. The van der Waals surface area contributed by atoms with Crippen LogP contribution in [-0.4, -0.2) is 28.8 Å². The molecule has 1 N–H and O–H groups in total. The van der Waals surface area contributed by atoms with Crippen molar-refractivity contribution < 1.29 is 4.21 Å². The Balaban J connectivity index is 2.37. The van der Waals surface area contributed by atoms with E-state index in [4.69, 9.17) is 0 Å². The van der Waals surface area contributed by atoms with E-state index < -0.39 is 10.8 Å². The predicted molar refractivity (Wildman–Crippen MR) is 39.9 cm³/mol. The summed E-state index contributed by atoms with van der Waals surface area (Å²) >= 11 is 0. The van der Waals surface area contributed by atoms with Crippen molar-refractivity contribution >= 4 is 10.8 Å². The van der Waals surface area contributed by atoms with Crippen molar-refractivity contribution in [3.8, 4) is 0 Å². The van der Waals surface area contributed by atoms with E-state index in [1.807, 2.05) is 0 Å². The third kappa shape index (κ3) is 2.45. The Hall–Kier alpha value is 0.110. The molecule has 1 heterocycles. The third-order valence-electron chi connectivity index (χ3n) is 1.47. The van der Waals surface area contributed by atoms with Crippen molar-refractivity contribution in [3.05, 3.63) is 0 Å². The summed E-state index contributed by atoms with van der Waals surface area (Å²) in [6, 6.07) is 0. The van der Waals surface area contributed by atoms with E-state index in [1.54, 1.807) is 0 Å². The summed E-state index contributed by atoms with van der Waals surface area (Å²) < 4.78 is 11.0. The molecule has 0 radical (unpaired) electrons. The van der Waals surface area contributed by atoms with Crippen molar-refractivity contribution in [2.75, 3.05) is 24.6 Å². The van der Waals surface area contributed by atoms with Gasteiger partial charge in [-0.15, -0.1) is 0 Å². The van der Waals surface area contributed by atoms with Gasteiger partial charge in [-0.05, 0) is 12.5 Å². The largest absolute Gasteiger partial charge is 0.316 e. The predicted octanol–water partition coefficient (Wildman–Crippen LogP) is -0.0256. The van der Waals surface area contributed by atoms with Gasteiger partial charge in [-0.1, -0.05) is 6.92 Å². The summed E-state index contributed by atoms with van der Waals surface area (Å²) in [5, 5.41) is 3.23. The first-order valence-corrected chi connectivity index (χ1v) is 4.83. The van der Waals surface area contributed by atoms with E-state index in [9.17, 15) is 4.21 Å². The minimum absolute atomic E-state index is 0.550. The Morgan fingerprint density at radius 2 is 2.44 bits per heavy atom. The van der Waals surface area contributed by atoms with Gasteiger partial charge in [0.2, 0.25) is 0 Å². The van der Waals surface area contributed by atoms with E-state index in [2.05, 4.69) is 12.2 Å². The van der Waals surface area contributed by atoms with E-state index in [1.165, 1.54) is 0 Å². The first kappa shape index (κ1) is 7.22. The van der Waals surface area contributed by atoms with Crippen LogP contribution in [0.1, 0.15) is 6.92 Å². The lowest BCUT2D eigenvalue weighted by molar-refractivity contribution is 0.584. The first-order chi connectivity index (χ1) is 4.29. The summed E-state index contributed by atoms with van der Waals surface area (Å²) in [6.45, 7) is 4.10. The summed E-state index contributed by atoms with van der Waals surface area (Å²) in [6.07, 6.45) is 0. The molecule has 1 fully saturated rings. The molecule has 9 heavy (non-hydrogen) atoms. The zero-order chi connectivity index (χ0) is 6.69. The average Bonchev–Trinajstić information content (AvgIpc) is 1.93. The summed E-state index contributed by atoms with van der Waals surface area (Å²) in [7, 11) is -0.550. The second-order valence-corrected chi connectivity index (χ2v) is 4.24. The maximum Gasteiger partial charge on any atom is 0.0360 e. The van der Waals surface area contributed by atoms with E-state index in [0.717, 1.165) is 24.6 Å². The van der Waals surface area contributed by atoms with Crippen LogP contribution in [0.2, 0.25) is 0 Å². The van der Waals surface area contributed by atoms with Gasteiger partial charge >= 0.3 is 0 Å². The topological polar surface area (TPSA) is 29.1 Å². The number of rotatable bonds is 0.